The van der Waals surface area contributed by atoms with Gasteiger partial charge >= 0.3 is 29.6 Å². The molecule has 11 heteroatoms. The zero-order chi connectivity index (χ0) is 15.4. The van der Waals surface area contributed by atoms with Gasteiger partial charge in [-0.05, 0) is 12.1 Å². The van der Waals surface area contributed by atoms with Crippen LogP contribution in [-0.4, -0.2) is 48.4 Å². The van der Waals surface area contributed by atoms with E-state index < -0.39 is 11.4 Å². The Labute approximate surface area is 150 Å². The molecule has 9 nitrogen and oxygen atoms in total. The van der Waals surface area contributed by atoms with E-state index in [1.54, 1.807) is 19.5 Å². The van der Waals surface area contributed by atoms with Gasteiger partial charge in [-0.1, -0.05) is 6.07 Å². The number of carbonyl (C=O) groups is 2. The van der Waals surface area contributed by atoms with Gasteiger partial charge in [0.05, 0.1) is 24.0 Å². The van der Waals surface area contributed by atoms with Crippen LogP contribution >= 0.6 is 0 Å². The molecule has 0 aliphatic rings. The molecule has 22 heavy (non-hydrogen) atoms. The van der Waals surface area contributed by atoms with Crippen molar-refractivity contribution in [2.75, 3.05) is 7.11 Å². The summed E-state index contributed by atoms with van der Waals surface area (Å²) in [5.41, 5.74) is 1.67. The summed E-state index contributed by atoms with van der Waals surface area (Å²) in [4.78, 5) is 25.9. The molecule has 2 aromatic rings. The van der Waals surface area contributed by atoms with E-state index in [-0.39, 0.29) is 47.6 Å². The van der Waals surface area contributed by atoms with E-state index >= 15 is 0 Å². The van der Waals surface area contributed by atoms with E-state index in [1.807, 2.05) is 18.2 Å². The maximum absolute atomic E-state index is 8.81. The Morgan fingerprint density at radius 1 is 1.23 bits per heavy atom. The Bertz CT molecular complexity index is 570. The van der Waals surface area contributed by atoms with Gasteiger partial charge in [-0.25, -0.2) is 9.19 Å². The van der Waals surface area contributed by atoms with Crippen molar-refractivity contribution >= 4 is 35.0 Å². The van der Waals surface area contributed by atoms with Crippen molar-refractivity contribution in [3.63, 3.8) is 0 Å². The summed E-state index contributed by atoms with van der Waals surface area (Å²) >= 11 is -2.86. The summed E-state index contributed by atoms with van der Waals surface area (Å²) in [5, 5.41) is 0. The van der Waals surface area contributed by atoms with Crippen LogP contribution in [0.1, 0.15) is 0 Å². The van der Waals surface area contributed by atoms with Crippen molar-refractivity contribution in [1.82, 2.24) is 9.97 Å². The molecule has 1 unspecified atom stereocenters. The average Bonchev–Trinajstić information content (AvgIpc) is 2.46. The van der Waals surface area contributed by atoms with Gasteiger partial charge in [-0.15, -0.1) is 0 Å². The van der Waals surface area contributed by atoms with E-state index in [2.05, 4.69) is 9.97 Å². The minimum absolute atomic E-state index is 0. The van der Waals surface area contributed by atoms with E-state index in [1.165, 1.54) is 0 Å². The van der Waals surface area contributed by atoms with Gasteiger partial charge in [0.15, 0.2) is 12.6 Å². The minimum Gasteiger partial charge on any atom is -0.750 e. The zero-order valence-electron chi connectivity index (χ0n) is 11.8. The standard InChI is InChI=1S/C9H8N2O.C2H2O2.Na.H2O3S.H2O/c1-12-8-4-2-3-7-9(8)11-6-5-10-7;3-1-2-4;;1-4(2)3;/h2-6H,1H3;1-2H;;(H2,1,2,3);1H2/q;;+1;;/p-1. The van der Waals surface area contributed by atoms with Crippen molar-refractivity contribution in [3.8, 4) is 5.75 Å². The molecule has 0 saturated carbocycles. The van der Waals surface area contributed by atoms with Crippen LogP contribution in [0.3, 0.4) is 0 Å². The topological polar surface area (TPSA) is 161 Å². The zero-order valence-corrected chi connectivity index (χ0v) is 14.6. The molecule has 1 aromatic carbocycles. The molecule has 0 saturated heterocycles. The third kappa shape index (κ3) is 11.4. The van der Waals surface area contributed by atoms with Crippen LogP contribution in [0.25, 0.3) is 11.0 Å². The SMILES string of the molecule is COc1cccc2nccnc12.O.O=CC=O.O=S([O-])O.[Na+]. The van der Waals surface area contributed by atoms with Crippen LogP contribution in [0.5, 0.6) is 5.75 Å². The number of fused-ring (bicyclic) bond motifs is 1. The van der Waals surface area contributed by atoms with Crippen molar-refractivity contribution in [1.29, 1.82) is 0 Å². The third-order valence-electron chi connectivity index (χ3n) is 1.74. The number of aldehydes is 2. The van der Waals surface area contributed by atoms with Crippen LogP contribution in [-0.2, 0) is 21.0 Å². The molecule has 0 aliphatic carbocycles. The number of para-hydroxylation sites is 1. The number of aromatic nitrogens is 2. The maximum atomic E-state index is 8.81. The number of nitrogens with zero attached hydrogens (tertiary/aromatic N) is 2. The fourth-order valence-corrected chi connectivity index (χ4v) is 1.13. The van der Waals surface area contributed by atoms with Crippen molar-refractivity contribution in [3.05, 3.63) is 30.6 Å². The maximum Gasteiger partial charge on any atom is 1.00 e. The van der Waals surface area contributed by atoms with Crippen LogP contribution in [0.4, 0.5) is 0 Å². The molecule has 2 rings (SSSR count). The second-order valence-electron chi connectivity index (χ2n) is 2.87. The molecule has 1 atom stereocenters. The summed E-state index contributed by atoms with van der Waals surface area (Å²) in [6.07, 6.45) is 3.71. The number of carbonyl (C=O) groups excluding carboxylic acids is 2. The number of ether oxygens (including phenoxy) is 1. The van der Waals surface area contributed by atoms with E-state index in [4.69, 9.17) is 27.6 Å². The van der Waals surface area contributed by atoms with Gasteiger partial charge in [-0.2, -0.15) is 0 Å². The molecule has 116 valence electrons. The molecular weight excluding hydrogens is 327 g/mol. The van der Waals surface area contributed by atoms with Crippen LogP contribution in [0.15, 0.2) is 30.6 Å². The number of rotatable bonds is 2. The summed E-state index contributed by atoms with van der Waals surface area (Å²) in [6.45, 7) is 0. The molecule has 0 bridgehead atoms. The molecule has 0 amide bonds. The smallest absolute Gasteiger partial charge is 0.750 e. The molecule has 0 spiro atoms. The Kier molecular flexibility index (Phi) is 18.8. The summed E-state index contributed by atoms with van der Waals surface area (Å²) in [6, 6.07) is 5.68. The van der Waals surface area contributed by atoms with Crippen LogP contribution < -0.4 is 34.3 Å². The molecule has 0 fully saturated rings. The first-order valence-electron chi connectivity index (χ1n) is 4.97. The molecule has 1 aromatic heterocycles. The van der Waals surface area contributed by atoms with Gasteiger partial charge in [-0.3, -0.25) is 14.6 Å². The number of hydrogen-bond acceptors (Lipinski definition) is 7. The van der Waals surface area contributed by atoms with E-state index in [9.17, 15) is 0 Å². The third-order valence-corrected chi connectivity index (χ3v) is 1.74. The first kappa shape index (κ1) is 25.7. The average molecular weight is 340 g/mol. The predicted molar refractivity (Wildman–Crippen MR) is 73.4 cm³/mol. The van der Waals surface area contributed by atoms with Crippen molar-refractivity contribution in [2.24, 2.45) is 0 Å². The van der Waals surface area contributed by atoms with Crippen molar-refractivity contribution in [2.45, 2.75) is 0 Å². The largest absolute Gasteiger partial charge is 1.00 e. The number of benzene rings is 1. The summed E-state index contributed by atoms with van der Waals surface area (Å²) < 4.78 is 29.2. The van der Waals surface area contributed by atoms with Crippen molar-refractivity contribution < 1.29 is 62.7 Å². The number of methoxy groups -OCH3 is 1. The fourth-order valence-electron chi connectivity index (χ4n) is 1.13. The van der Waals surface area contributed by atoms with Gasteiger partial charge < -0.3 is 19.3 Å². The molecule has 0 radical (unpaired) electrons. The second kappa shape index (κ2) is 16.1. The van der Waals surface area contributed by atoms with Gasteiger partial charge in [0.25, 0.3) is 0 Å². The Morgan fingerprint density at radius 3 is 2.18 bits per heavy atom. The Balaban J connectivity index is -0.000000310. The monoisotopic (exact) mass is 340 g/mol. The van der Waals surface area contributed by atoms with E-state index in [0.717, 1.165) is 16.8 Å². The molecule has 3 N–H and O–H groups in total. The quantitative estimate of drug-likeness (QED) is 0.255. The molecule has 1 heterocycles. The first-order valence-corrected chi connectivity index (χ1v) is 6.01. The minimum atomic E-state index is -2.86. The van der Waals surface area contributed by atoms with Crippen LogP contribution in [0.2, 0.25) is 0 Å². The summed E-state index contributed by atoms with van der Waals surface area (Å²) in [5.74, 6) is 0.764. The molecular formula is C11H13N2NaO7S. The first-order chi connectivity index (χ1) is 9.56. The predicted octanol–water partition coefficient (Wildman–Crippen LogP) is -3.46. The Morgan fingerprint density at radius 2 is 1.73 bits per heavy atom. The number of hydrogen-bond donors (Lipinski definition) is 1. The van der Waals surface area contributed by atoms with Crippen LogP contribution in [0, 0.1) is 0 Å². The second-order valence-corrected chi connectivity index (χ2v) is 3.31. The van der Waals surface area contributed by atoms with Gasteiger partial charge in [0.1, 0.15) is 11.3 Å². The van der Waals surface area contributed by atoms with Gasteiger partial charge in [0, 0.05) is 12.4 Å². The fraction of sp³-hybridized carbons (Fsp3) is 0.0909. The van der Waals surface area contributed by atoms with Gasteiger partial charge in [0.2, 0.25) is 0 Å². The normalized spacial score (nSPS) is 9.23. The Hall–Kier alpha value is -1.27. The molecule has 0 aliphatic heterocycles. The summed E-state index contributed by atoms with van der Waals surface area (Å²) in [7, 11) is 1.63. The van der Waals surface area contributed by atoms with E-state index in [0.29, 0.717) is 0 Å².